The average molecular weight is 376 g/mol. The first kappa shape index (κ1) is 17.1. The second-order valence-corrected chi connectivity index (χ2v) is 6.95. The van der Waals surface area contributed by atoms with E-state index in [4.69, 9.17) is 0 Å². The van der Waals surface area contributed by atoms with Gasteiger partial charge in [0.2, 0.25) is 5.91 Å². The lowest BCUT2D eigenvalue weighted by atomic mass is 10.1. The number of nitrogens with one attached hydrogen (secondary N) is 1. The van der Waals surface area contributed by atoms with Gasteiger partial charge in [-0.1, -0.05) is 42.5 Å². The Kier molecular flexibility index (Phi) is 4.52. The third kappa shape index (κ3) is 3.50. The van der Waals surface area contributed by atoms with Crippen molar-refractivity contribution in [3.8, 4) is 11.3 Å². The summed E-state index contributed by atoms with van der Waals surface area (Å²) < 4.78 is 1.16. The Bertz CT molecular complexity index is 1200. The van der Waals surface area contributed by atoms with E-state index in [1.54, 1.807) is 18.3 Å². The summed E-state index contributed by atoms with van der Waals surface area (Å²) in [6, 6.07) is 15.1. The molecular formula is C20H16N4O2S. The second-order valence-electron chi connectivity index (χ2n) is 6.10. The number of thiazole rings is 1. The van der Waals surface area contributed by atoms with Gasteiger partial charge in [-0.15, -0.1) is 11.3 Å². The van der Waals surface area contributed by atoms with Gasteiger partial charge in [0.1, 0.15) is 6.54 Å². The van der Waals surface area contributed by atoms with Crippen LogP contribution in [-0.4, -0.2) is 20.7 Å². The molecule has 134 valence electrons. The molecule has 0 aliphatic carbocycles. The van der Waals surface area contributed by atoms with E-state index < -0.39 is 0 Å². The predicted molar refractivity (Wildman–Crippen MR) is 107 cm³/mol. The molecular weight excluding hydrogens is 360 g/mol. The van der Waals surface area contributed by atoms with Gasteiger partial charge in [0.05, 0.1) is 17.3 Å². The Balaban J connectivity index is 1.52. The predicted octanol–water partition coefficient (Wildman–Crippen LogP) is 3.47. The number of rotatable bonds is 4. The molecule has 0 atom stereocenters. The minimum atomic E-state index is -0.342. The normalized spacial score (nSPS) is 10.9. The van der Waals surface area contributed by atoms with Gasteiger partial charge in [-0.2, -0.15) is 5.10 Å². The third-order valence-corrected chi connectivity index (χ3v) is 4.98. The van der Waals surface area contributed by atoms with Crippen molar-refractivity contribution in [2.45, 2.75) is 13.5 Å². The Morgan fingerprint density at radius 3 is 2.78 bits per heavy atom. The lowest BCUT2D eigenvalue weighted by Gasteiger charge is -2.06. The molecule has 0 spiro atoms. The van der Waals surface area contributed by atoms with Gasteiger partial charge in [0.25, 0.3) is 5.56 Å². The number of carbonyl (C=O) groups is 1. The average Bonchev–Trinajstić information content (AvgIpc) is 3.12. The summed E-state index contributed by atoms with van der Waals surface area (Å²) in [5, 5.41) is 10.5. The first-order chi connectivity index (χ1) is 13.1. The van der Waals surface area contributed by atoms with Crippen LogP contribution >= 0.6 is 11.3 Å². The zero-order valence-corrected chi connectivity index (χ0v) is 15.4. The Morgan fingerprint density at radius 1 is 1.15 bits per heavy atom. The first-order valence-corrected chi connectivity index (χ1v) is 9.26. The highest BCUT2D eigenvalue weighted by atomic mass is 32.1. The molecule has 1 amide bonds. The monoisotopic (exact) mass is 376 g/mol. The van der Waals surface area contributed by atoms with Crippen molar-refractivity contribution in [1.82, 2.24) is 14.8 Å². The van der Waals surface area contributed by atoms with Gasteiger partial charge in [-0.25, -0.2) is 9.67 Å². The summed E-state index contributed by atoms with van der Waals surface area (Å²) in [7, 11) is 0. The summed E-state index contributed by atoms with van der Waals surface area (Å²) in [6.45, 7) is 1.85. The van der Waals surface area contributed by atoms with Crippen molar-refractivity contribution >= 4 is 33.1 Å². The number of hydrogen-bond acceptors (Lipinski definition) is 5. The number of anilines is 1. The molecule has 0 radical (unpaired) electrons. The Morgan fingerprint density at radius 2 is 1.93 bits per heavy atom. The fourth-order valence-electron chi connectivity index (χ4n) is 2.85. The lowest BCUT2D eigenvalue weighted by molar-refractivity contribution is -0.117. The minimum Gasteiger partial charge on any atom is -0.300 e. The van der Waals surface area contributed by atoms with Gasteiger partial charge < -0.3 is 5.32 Å². The molecule has 0 saturated carbocycles. The molecule has 0 bridgehead atoms. The molecule has 0 saturated heterocycles. The van der Waals surface area contributed by atoms with Crippen LogP contribution in [0.3, 0.4) is 0 Å². The van der Waals surface area contributed by atoms with Crippen LogP contribution in [0.5, 0.6) is 0 Å². The highest BCUT2D eigenvalue weighted by molar-refractivity contribution is 7.14. The molecule has 4 rings (SSSR count). The van der Waals surface area contributed by atoms with E-state index in [0.717, 1.165) is 26.9 Å². The third-order valence-electron chi connectivity index (χ3n) is 4.23. The minimum absolute atomic E-state index is 0.164. The molecule has 2 aromatic carbocycles. The highest BCUT2D eigenvalue weighted by Crippen LogP contribution is 2.27. The molecule has 1 N–H and O–H groups in total. The molecule has 6 nitrogen and oxygen atoms in total. The molecule has 0 fully saturated rings. The van der Waals surface area contributed by atoms with Crippen molar-refractivity contribution < 1.29 is 4.79 Å². The van der Waals surface area contributed by atoms with E-state index in [0.29, 0.717) is 10.5 Å². The maximum Gasteiger partial charge on any atom is 0.275 e. The number of aromatic nitrogens is 3. The molecule has 27 heavy (non-hydrogen) atoms. The zero-order valence-electron chi connectivity index (χ0n) is 14.5. The number of benzene rings is 2. The van der Waals surface area contributed by atoms with Gasteiger partial charge >= 0.3 is 0 Å². The number of aryl methyl sites for hydroxylation is 1. The summed E-state index contributed by atoms with van der Waals surface area (Å²) in [5.41, 5.74) is 2.67. The second kappa shape index (κ2) is 7.13. The summed E-state index contributed by atoms with van der Waals surface area (Å²) in [5.74, 6) is -0.342. The standard InChI is InChI=1S/C20H16N4O2S/c1-13-6-2-4-8-15(13)17-12-27-20(22-17)23-18(25)11-24-19(26)16-9-5-3-7-14(16)10-21-24/h2-10,12H,11H2,1H3,(H,22,23,25). The van der Waals surface area contributed by atoms with Gasteiger partial charge in [0, 0.05) is 16.3 Å². The topological polar surface area (TPSA) is 76.9 Å². The summed E-state index contributed by atoms with van der Waals surface area (Å²) >= 11 is 1.35. The summed E-state index contributed by atoms with van der Waals surface area (Å²) in [4.78, 5) is 29.3. The highest BCUT2D eigenvalue weighted by Gasteiger charge is 2.12. The molecule has 4 aromatic rings. The first-order valence-electron chi connectivity index (χ1n) is 8.38. The fraction of sp³-hybridized carbons (Fsp3) is 0.100. The molecule has 7 heteroatoms. The zero-order chi connectivity index (χ0) is 18.8. The molecule has 0 aliphatic heterocycles. The Hall–Kier alpha value is -3.32. The smallest absolute Gasteiger partial charge is 0.275 e. The molecule has 0 aliphatic rings. The lowest BCUT2D eigenvalue weighted by Crippen LogP contribution is -2.29. The van der Waals surface area contributed by atoms with Crippen LogP contribution in [0.2, 0.25) is 0 Å². The van der Waals surface area contributed by atoms with Crippen molar-refractivity contribution in [1.29, 1.82) is 0 Å². The number of carbonyl (C=O) groups excluding carboxylic acids is 1. The largest absolute Gasteiger partial charge is 0.300 e. The van der Waals surface area contributed by atoms with E-state index in [-0.39, 0.29) is 18.0 Å². The van der Waals surface area contributed by atoms with Crippen LogP contribution in [0, 0.1) is 6.92 Å². The quantitative estimate of drug-likeness (QED) is 0.592. The van der Waals surface area contributed by atoms with Crippen LogP contribution in [0.4, 0.5) is 5.13 Å². The van der Waals surface area contributed by atoms with E-state index >= 15 is 0 Å². The van der Waals surface area contributed by atoms with Crippen LogP contribution in [0.1, 0.15) is 5.56 Å². The van der Waals surface area contributed by atoms with Crippen LogP contribution < -0.4 is 10.9 Å². The van der Waals surface area contributed by atoms with Crippen molar-refractivity contribution in [2.24, 2.45) is 0 Å². The molecule has 2 aromatic heterocycles. The number of hydrogen-bond donors (Lipinski definition) is 1. The van der Waals surface area contributed by atoms with E-state index in [2.05, 4.69) is 15.4 Å². The maximum atomic E-state index is 12.5. The number of amides is 1. The van der Waals surface area contributed by atoms with Gasteiger partial charge in [-0.05, 0) is 18.6 Å². The van der Waals surface area contributed by atoms with Crippen LogP contribution in [0.15, 0.2) is 64.9 Å². The van der Waals surface area contributed by atoms with Gasteiger partial charge in [-0.3, -0.25) is 9.59 Å². The van der Waals surface area contributed by atoms with Crippen LogP contribution in [0.25, 0.3) is 22.0 Å². The van der Waals surface area contributed by atoms with E-state index in [9.17, 15) is 9.59 Å². The van der Waals surface area contributed by atoms with Crippen molar-refractivity contribution in [3.05, 3.63) is 76.0 Å². The SMILES string of the molecule is Cc1ccccc1-c1csc(NC(=O)Cn2ncc3ccccc3c2=O)n1. The maximum absolute atomic E-state index is 12.5. The van der Waals surface area contributed by atoms with E-state index in [1.165, 1.54) is 11.3 Å². The molecule has 0 unspecified atom stereocenters. The summed E-state index contributed by atoms with van der Waals surface area (Å²) in [6.07, 6.45) is 1.59. The molecule has 2 heterocycles. The Labute approximate surface area is 159 Å². The van der Waals surface area contributed by atoms with Gasteiger partial charge in [0.15, 0.2) is 5.13 Å². The van der Waals surface area contributed by atoms with Crippen molar-refractivity contribution in [3.63, 3.8) is 0 Å². The number of nitrogens with zero attached hydrogens (tertiary/aromatic N) is 3. The fourth-order valence-corrected chi connectivity index (χ4v) is 3.58. The number of fused-ring (bicyclic) bond motifs is 1. The van der Waals surface area contributed by atoms with E-state index in [1.807, 2.05) is 48.7 Å². The van der Waals surface area contributed by atoms with Crippen LogP contribution in [-0.2, 0) is 11.3 Å². The van der Waals surface area contributed by atoms with Crippen molar-refractivity contribution in [2.75, 3.05) is 5.32 Å².